The summed E-state index contributed by atoms with van der Waals surface area (Å²) < 4.78 is 34.3. The van der Waals surface area contributed by atoms with Crippen LogP contribution in [-0.2, 0) is 16.4 Å². The van der Waals surface area contributed by atoms with Gasteiger partial charge in [0.25, 0.3) is 5.91 Å². The van der Waals surface area contributed by atoms with E-state index in [0.717, 1.165) is 11.1 Å². The third-order valence-electron chi connectivity index (χ3n) is 4.62. The van der Waals surface area contributed by atoms with Crippen molar-refractivity contribution < 1.29 is 17.9 Å². The molecule has 144 valence electrons. The van der Waals surface area contributed by atoms with Gasteiger partial charge in [-0.15, -0.1) is 0 Å². The number of hydrogen-bond acceptors (Lipinski definition) is 4. The molecule has 1 atom stereocenters. The number of sulfonamides is 1. The smallest absolute Gasteiger partial charge is 0.251 e. The number of rotatable bonds is 7. The molecule has 0 radical (unpaired) electrons. The maximum absolute atomic E-state index is 13.0. The minimum Gasteiger partial charge on any atom is -0.494 e. The van der Waals surface area contributed by atoms with Gasteiger partial charge in [0, 0.05) is 17.7 Å². The van der Waals surface area contributed by atoms with E-state index in [9.17, 15) is 13.2 Å². The Morgan fingerprint density at radius 1 is 1.19 bits per heavy atom. The summed E-state index contributed by atoms with van der Waals surface area (Å²) in [6, 6.07) is 11.7. The summed E-state index contributed by atoms with van der Waals surface area (Å²) in [6.45, 7) is 4.87. The Balaban J connectivity index is 1.91. The first-order chi connectivity index (χ1) is 13.0. The highest BCUT2D eigenvalue weighted by atomic mass is 32.2. The molecular weight excluding hydrogens is 364 g/mol. The zero-order chi connectivity index (χ0) is 19.4. The summed E-state index contributed by atoms with van der Waals surface area (Å²) >= 11 is 0. The van der Waals surface area contributed by atoms with Gasteiger partial charge in [-0.3, -0.25) is 4.79 Å². The number of ether oxygens (including phenoxy) is 1. The largest absolute Gasteiger partial charge is 0.494 e. The van der Waals surface area contributed by atoms with E-state index in [2.05, 4.69) is 10.0 Å². The Kier molecular flexibility index (Phi) is 5.82. The molecule has 6 nitrogen and oxygen atoms in total. The Labute approximate surface area is 160 Å². The van der Waals surface area contributed by atoms with Crippen LogP contribution >= 0.6 is 0 Å². The molecule has 0 fully saturated rings. The average molecular weight is 388 g/mol. The molecule has 27 heavy (non-hydrogen) atoms. The lowest BCUT2D eigenvalue weighted by atomic mass is 10.0. The predicted octanol–water partition coefficient (Wildman–Crippen LogP) is 2.80. The van der Waals surface area contributed by atoms with E-state index in [4.69, 9.17) is 4.74 Å². The average Bonchev–Trinajstić information content (AvgIpc) is 2.67. The van der Waals surface area contributed by atoms with Crippen LogP contribution in [0.5, 0.6) is 5.75 Å². The zero-order valence-electron chi connectivity index (χ0n) is 15.5. The fourth-order valence-corrected chi connectivity index (χ4v) is 4.56. The molecule has 0 saturated heterocycles. The van der Waals surface area contributed by atoms with Crippen molar-refractivity contribution in [3.8, 4) is 5.75 Å². The van der Waals surface area contributed by atoms with Crippen molar-refractivity contribution in [3.05, 3.63) is 59.2 Å². The van der Waals surface area contributed by atoms with E-state index < -0.39 is 16.1 Å². The van der Waals surface area contributed by atoms with Crippen molar-refractivity contribution in [2.24, 2.45) is 0 Å². The first-order valence-corrected chi connectivity index (χ1v) is 10.6. The lowest BCUT2D eigenvalue weighted by Gasteiger charge is -2.21. The van der Waals surface area contributed by atoms with Crippen LogP contribution in [0.4, 0.5) is 0 Å². The van der Waals surface area contributed by atoms with Crippen molar-refractivity contribution in [1.82, 2.24) is 10.0 Å². The van der Waals surface area contributed by atoms with E-state index in [1.165, 1.54) is 6.07 Å². The van der Waals surface area contributed by atoms with E-state index in [1.54, 1.807) is 12.1 Å². The number of carbonyl (C=O) groups excluding carboxylic acids is 1. The second-order valence-corrected chi connectivity index (χ2v) is 8.09. The Bertz CT molecular complexity index is 941. The Morgan fingerprint density at radius 3 is 2.70 bits per heavy atom. The molecule has 0 bridgehead atoms. The van der Waals surface area contributed by atoms with Gasteiger partial charge in [-0.25, -0.2) is 13.1 Å². The molecule has 3 rings (SSSR count). The van der Waals surface area contributed by atoms with Crippen molar-refractivity contribution in [2.75, 3.05) is 13.2 Å². The first-order valence-electron chi connectivity index (χ1n) is 9.11. The van der Waals surface area contributed by atoms with Crippen LogP contribution < -0.4 is 14.8 Å². The number of nitrogens with one attached hydrogen (secondary N) is 2. The molecular formula is C20H24N2O4S. The van der Waals surface area contributed by atoms with E-state index in [1.807, 2.05) is 38.1 Å². The summed E-state index contributed by atoms with van der Waals surface area (Å²) in [5.41, 5.74) is 2.08. The van der Waals surface area contributed by atoms with Crippen LogP contribution in [0.25, 0.3) is 0 Å². The number of amides is 1. The molecule has 1 amide bonds. The Hall–Kier alpha value is -2.38. The van der Waals surface area contributed by atoms with Gasteiger partial charge in [-0.2, -0.15) is 0 Å². The molecule has 1 aliphatic heterocycles. The number of para-hydroxylation sites is 1. The molecule has 1 aliphatic rings. The normalized spacial score (nSPS) is 15.0. The second kappa shape index (κ2) is 8.10. The predicted molar refractivity (Wildman–Crippen MR) is 103 cm³/mol. The molecule has 2 N–H and O–H groups in total. The molecule has 1 heterocycles. The molecule has 2 aromatic carbocycles. The first kappa shape index (κ1) is 19.4. The van der Waals surface area contributed by atoms with Crippen LogP contribution in [0.3, 0.4) is 0 Å². The minimum atomic E-state index is -3.79. The monoisotopic (exact) mass is 388 g/mol. The van der Waals surface area contributed by atoms with E-state index in [-0.39, 0.29) is 10.8 Å². The number of carbonyl (C=O) groups is 1. The van der Waals surface area contributed by atoms with Gasteiger partial charge in [0.05, 0.1) is 17.5 Å². The van der Waals surface area contributed by atoms with Crippen LogP contribution in [-0.4, -0.2) is 27.5 Å². The Morgan fingerprint density at radius 2 is 1.96 bits per heavy atom. The number of fused-ring (bicyclic) bond motifs is 1. The topological polar surface area (TPSA) is 84.5 Å². The van der Waals surface area contributed by atoms with Gasteiger partial charge in [-0.05, 0) is 43.5 Å². The maximum Gasteiger partial charge on any atom is 0.251 e. The van der Waals surface area contributed by atoms with Gasteiger partial charge in [0.15, 0.2) is 0 Å². The van der Waals surface area contributed by atoms with E-state index in [0.29, 0.717) is 37.3 Å². The maximum atomic E-state index is 13.0. The van der Waals surface area contributed by atoms with Gasteiger partial charge < -0.3 is 10.1 Å². The minimum absolute atomic E-state index is 0.0886. The zero-order valence-corrected chi connectivity index (χ0v) is 16.3. The van der Waals surface area contributed by atoms with Crippen LogP contribution in [0.15, 0.2) is 47.4 Å². The SMILES string of the molecule is CCOc1ccccc1[C@@H](CC)NS(=O)(=O)c1ccc2c(c1)C(=O)NCC2. The molecule has 7 heteroatoms. The molecule has 0 aromatic heterocycles. The molecule has 0 aliphatic carbocycles. The summed E-state index contributed by atoms with van der Waals surface area (Å²) in [5, 5.41) is 2.75. The molecule has 2 aromatic rings. The van der Waals surface area contributed by atoms with Crippen molar-refractivity contribution in [2.45, 2.75) is 37.6 Å². The van der Waals surface area contributed by atoms with Gasteiger partial charge in [0.2, 0.25) is 10.0 Å². The van der Waals surface area contributed by atoms with Gasteiger partial charge >= 0.3 is 0 Å². The number of hydrogen-bond donors (Lipinski definition) is 2. The summed E-state index contributed by atoms with van der Waals surface area (Å²) in [5.74, 6) is 0.432. The third kappa shape index (κ3) is 4.14. The van der Waals surface area contributed by atoms with Crippen LogP contribution in [0, 0.1) is 0 Å². The molecule has 0 unspecified atom stereocenters. The number of benzene rings is 2. The van der Waals surface area contributed by atoms with E-state index >= 15 is 0 Å². The highest BCUT2D eigenvalue weighted by Crippen LogP contribution is 2.29. The summed E-state index contributed by atoms with van der Waals surface area (Å²) in [6.07, 6.45) is 1.27. The lowest BCUT2D eigenvalue weighted by molar-refractivity contribution is 0.0945. The van der Waals surface area contributed by atoms with Gasteiger partial charge in [0.1, 0.15) is 5.75 Å². The van der Waals surface area contributed by atoms with Crippen molar-refractivity contribution in [3.63, 3.8) is 0 Å². The van der Waals surface area contributed by atoms with Gasteiger partial charge in [-0.1, -0.05) is 31.2 Å². The summed E-state index contributed by atoms with van der Waals surface area (Å²) in [7, 11) is -3.79. The van der Waals surface area contributed by atoms with Crippen LogP contribution in [0.1, 0.15) is 47.8 Å². The lowest BCUT2D eigenvalue weighted by Crippen LogP contribution is -2.33. The fraction of sp³-hybridized carbons (Fsp3) is 0.350. The third-order valence-corrected chi connectivity index (χ3v) is 6.09. The highest BCUT2D eigenvalue weighted by molar-refractivity contribution is 7.89. The van der Waals surface area contributed by atoms with Crippen molar-refractivity contribution >= 4 is 15.9 Å². The summed E-state index contributed by atoms with van der Waals surface area (Å²) in [4.78, 5) is 12.1. The van der Waals surface area contributed by atoms with Crippen molar-refractivity contribution in [1.29, 1.82) is 0 Å². The molecule has 0 spiro atoms. The fourth-order valence-electron chi connectivity index (χ4n) is 3.24. The van der Waals surface area contributed by atoms with Crippen LogP contribution in [0.2, 0.25) is 0 Å². The molecule has 0 saturated carbocycles. The standard InChI is InChI=1S/C20H24N2O4S/c1-3-18(16-7-5-6-8-19(16)26-4-2)22-27(24,25)15-10-9-14-11-12-21-20(23)17(14)13-15/h5-10,13,18,22H,3-4,11-12H2,1-2H3,(H,21,23)/t18-/m1/s1. The quantitative estimate of drug-likeness (QED) is 0.764. The highest BCUT2D eigenvalue weighted by Gasteiger charge is 2.25. The second-order valence-electron chi connectivity index (χ2n) is 6.38.